The SMILES string of the molecule is CC(C)(C)N1CCN(c2c(F)cc(C=O)cc2F)CC1. The van der Waals surface area contributed by atoms with Crippen LogP contribution in [-0.4, -0.2) is 42.9 Å². The van der Waals surface area contributed by atoms with Gasteiger partial charge in [0, 0.05) is 37.3 Å². The maximum Gasteiger partial charge on any atom is 0.150 e. The Labute approximate surface area is 118 Å². The van der Waals surface area contributed by atoms with Gasteiger partial charge in [-0.25, -0.2) is 8.78 Å². The lowest BCUT2D eigenvalue weighted by Crippen LogP contribution is -2.53. The Morgan fingerprint density at radius 1 is 1.05 bits per heavy atom. The molecule has 0 saturated carbocycles. The Hall–Kier alpha value is -1.49. The number of nitrogens with zero attached hydrogens (tertiary/aromatic N) is 2. The third kappa shape index (κ3) is 2.98. The van der Waals surface area contributed by atoms with E-state index in [0.717, 1.165) is 25.2 Å². The van der Waals surface area contributed by atoms with E-state index in [0.29, 0.717) is 19.4 Å². The molecule has 0 aromatic heterocycles. The molecule has 1 heterocycles. The van der Waals surface area contributed by atoms with Crippen molar-refractivity contribution in [3.63, 3.8) is 0 Å². The molecule has 0 radical (unpaired) electrons. The topological polar surface area (TPSA) is 23.6 Å². The lowest BCUT2D eigenvalue weighted by Gasteiger charge is -2.43. The van der Waals surface area contributed by atoms with Crippen molar-refractivity contribution in [1.82, 2.24) is 4.90 Å². The van der Waals surface area contributed by atoms with E-state index in [2.05, 4.69) is 25.7 Å². The second-order valence-electron chi connectivity index (χ2n) is 6.10. The highest BCUT2D eigenvalue weighted by Gasteiger charge is 2.28. The van der Waals surface area contributed by atoms with Crippen LogP contribution in [-0.2, 0) is 0 Å². The van der Waals surface area contributed by atoms with Crippen LogP contribution in [0.5, 0.6) is 0 Å². The molecule has 110 valence electrons. The number of benzene rings is 1. The van der Waals surface area contributed by atoms with Crippen LogP contribution in [0.25, 0.3) is 0 Å². The molecule has 5 heteroatoms. The summed E-state index contributed by atoms with van der Waals surface area (Å²) >= 11 is 0. The van der Waals surface area contributed by atoms with Gasteiger partial charge in [0.15, 0.2) is 0 Å². The van der Waals surface area contributed by atoms with Gasteiger partial charge < -0.3 is 4.90 Å². The zero-order valence-corrected chi connectivity index (χ0v) is 12.1. The number of carbonyl (C=O) groups is 1. The summed E-state index contributed by atoms with van der Waals surface area (Å²) in [5, 5.41) is 0. The first-order chi connectivity index (χ1) is 9.32. The number of halogens is 2. The quantitative estimate of drug-likeness (QED) is 0.779. The van der Waals surface area contributed by atoms with Gasteiger partial charge in [0.05, 0.1) is 0 Å². The Kier molecular flexibility index (Phi) is 4.09. The first kappa shape index (κ1) is 14.9. The van der Waals surface area contributed by atoms with Crippen molar-refractivity contribution in [1.29, 1.82) is 0 Å². The van der Waals surface area contributed by atoms with Crippen molar-refractivity contribution in [2.75, 3.05) is 31.1 Å². The van der Waals surface area contributed by atoms with Gasteiger partial charge >= 0.3 is 0 Å². The number of hydrogen-bond acceptors (Lipinski definition) is 3. The number of anilines is 1. The van der Waals surface area contributed by atoms with Gasteiger partial charge in [-0.2, -0.15) is 0 Å². The van der Waals surface area contributed by atoms with Crippen molar-refractivity contribution in [3.05, 3.63) is 29.3 Å². The molecule has 3 nitrogen and oxygen atoms in total. The maximum atomic E-state index is 14.0. The molecule has 0 atom stereocenters. The van der Waals surface area contributed by atoms with Gasteiger partial charge in [0.1, 0.15) is 23.6 Å². The summed E-state index contributed by atoms with van der Waals surface area (Å²) in [4.78, 5) is 14.6. The summed E-state index contributed by atoms with van der Waals surface area (Å²) in [6.45, 7) is 9.06. The molecule has 1 saturated heterocycles. The van der Waals surface area contributed by atoms with E-state index in [1.165, 1.54) is 0 Å². The molecular formula is C15H20F2N2O. The van der Waals surface area contributed by atoms with Gasteiger partial charge in [-0.05, 0) is 32.9 Å². The average molecular weight is 282 g/mol. The number of carbonyl (C=O) groups excluding carboxylic acids is 1. The van der Waals surface area contributed by atoms with Gasteiger partial charge in [-0.3, -0.25) is 9.69 Å². The van der Waals surface area contributed by atoms with Gasteiger partial charge in [0.25, 0.3) is 0 Å². The standard InChI is InChI=1S/C15H20F2N2O/c1-15(2,3)19-6-4-18(5-7-19)14-12(16)8-11(10-20)9-13(14)17/h8-10H,4-7H2,1-3H3. The Morgan fingerprint density at radius 2 is 1.55 bits per heavy atom. The van der Waals surface area contributed by atoms with Crippen LogP contribution >= 0.6 is 0 Å². The van der Waals surface area contributed by atoms with Crippen LogP contribution in [0.3, 0.4) is 0 Å². The fourth-order valence-corrected chi connectivity index (χ4v) is 2.56. The van der Waals surface area contributed by atoms with Crippen LogP contribution < -0.4 is 4.90 Å². The van der Waals surface area contributed by atoms with Gasteiger partial charge in [-0.1, -0.05) is 0 Å². The molecule has 0 amide bonds. The van der Waals surface area contributed by atoms with Gasteiger partial charge in [-0.15, -0.1) is 0 Å². The number of hydrogen-bond donors (Lipinski definition) is 0. The maximum absolute atomic E-state index is 14.0. The highest BCUT2D eigenvalue weighted by molar-refractivity contribution is 5.76. The Morgan fingerprint density at radius 3 is 1.95 bits per heavy atom. The third-order valence-corrected chi connectivity index (χ3v) is 3.72. The molecule has 1 aliphatic rings. The van der Waals surface area contributed by atoms with Crippen molar-refractivity contribution in [3.8, 4) is 0 Å². The molecule has 20 heavy (non-hydrogen) atoms. The summed E-state index contributed by atoms with van der Waals surface area (Å²) in [7, 11) is 0. The largest absolute Gasteiger partial charge is 0.364 e. The molecule has 1 fully saturated rings. The molecular weight excluding hydrogens is 262 g/mol. The number of aldehydes is 1. The first-order valence-corrected chi connectivity index (χ1v) is 6.77. The number of rotatable bonds is 2. The molecule has 0 N–H and O–H groups in total. The zero-order chi connectivity index (χ0) is 14.9. The minimum Gasteiger partial charge on any atom is -0.364 e. The molecule has 0 aliphatic carbocycles. The highest BCUT2D eigenvalue weighted by atomic mass is 19.1. The second-order valence-corrected chi connectivity index (χ2v) is 6.10. The molecule has 1 aromatic rings. The van der Waals surface area contributed by atoms with Crippen molar-refractivity contribution >= 4 is 12.0 Å². The average Bonchev–Trinajstić information content (AvgIpc) is 2.37. The van der Waals surface area contributed by atoms with Crippen LogP contribution in [0.2, 0.25) is 0 Å². The van der Waals surface area contributed by atoms with E-state index in [1.54, 1.807) is 4.90 Å². The van der Waals surface area contributed by atoms with Crippen LogP contribution in [0, 0.1) is 11.6 Å². The van der Waals surface area contributed by atoms with Crippen molar-refractivity contribution in [2.45, 2.75) is 26.3 Å². The fourth-order valence-electron chi connectivity index (χ4n) is 2.56. The lowest BCUT2D eigenvalue weighted by atomic mass is 10.0. The highest BCUT2D eigenvalue weighted by Crippen LogP contribution is 2.27. The Balaban J connectivity index is 2.17. The van der Waals surface area contributed by atoms with E-state index in [9.17, 15) is 13.6 Å². The van der Waals surface area contributed by atoms with Crippen LogP contribution in [0.15, 0.2) is 12.1 Å². The zero-order valence-electron chi connectivity index (χ0n) is 12.1. The monoisotopic (exact) mass is 282 g/mol. The Bertz CT molecular complexity index is 480. The summed E-state index contributed by atoms with van der Waals surface area (Å²) < 4.78 is 27.9. The van der Waals surface area contributed by atoms with Crippen LogP contribution in [0.1, 0.15) is 31.1 Å². The first-order valence-electron chi connectivity index (χ1n) is 6.77. The second kappa shape index (κ2) is 5.48. The van der Waals surface area contributed by atoms with E-state index in [-0.39, 0.29) is 16.8 Å². The predicted molar refractivity (Wildman–Crippen MR) is 75.3 cm³/mol. The molecule has 0 unspecified atom stereocenters. The van der Waals surface area contributed by atoms with E-state index >= 15 is 0 Å². The summed E-state index contributed by atoms with van der Waals surface area (Å²) in [6, 6.07) is 2.17. The van der Waals surface area contributed by atoms with E-state index in [4.69, 9.17) is 0 Å². The third-order valence-electron chi connectivity index (χ3n) is 3.72. The van der Waals surface area contributed by atoms with Crippen LogP contribution in [0.4, 0.5) is 14.5 Å². The van der Waals surface area contributed by atoms with E-state index < -0.39 is 11.6 Å². The molecule has 1 aromatic carbocycles. The number of piperazine rings is 1. The summed E-state index contributed by atoms with van der Waals surface area (Å²) in [6.07, 6.45) is 0.452. The molecule has 0 spiro atoms. The smallest absolute Gasteiger partial charge is 0.150 e. The molecule has 1 aliphatic heterocycles. The van der Waals surface area contributed by atoms with Crippen molar-refractivity contribution in [2.24, 2.45) is 0 Å². The van der Waals surface area contributed by atoms with Crippen molar-refractivity contribution < 1.29 is 13.6 Å². The normalized spacial score (nSPS) is 17.4. The minimum atomic E-state index is -0.670. The lowest BCUT2D eigenvalue weighted by molar-refractivity contribution is 0.112. The predicted octanol–water partition coefficient (Wildman–Crippen LogP) is 2.70. The molecule has 2 rings (SSSR count). The fraction of sp³-hybridized carbons (Fsp3) is 0.533. The molecule has 0 bridgehead atoms. The van der Waals surface area contributed by atoms with Gasteiger partial charge in [0.2, 0.25) is 0 Å². The summed E-state index contributed by atoms with van der Waals surface area (Å²) in [5.41, 5.74) is 0.0612. The minimum absolute atomic E-state index is 0.0239. The van der Waals surface area contributed by atoms with E-state index in [1.807, 2.05) is 0 Å². The summed E-state index contributed by atoms with van der Waals surface area (Å²) in [5.74, 6) is -1.34.